The topological polar surface area (TPSA) is 49.9 Å². The summed E-state index contributed by atoms with van der Waals surface area (Å²) < 4.78 is 19.4. The van der Waals surface area contributed by atoms with Gasteiger partial charge in [0, 0.05) is 50.9 Å². The molecule has 1 aromatic rings. The maximum absolute atomic E-state index is 14.0. The maximum Gasteiger partial charge on any atom is 0.230 e. The molecule has 0 N–H and O–H groups in total. The van der Waals surface area contributed by atoms with Crippen molar-refractivity contribution in [2.45, 2.75) is 38.6 Å². The normalized spacial score (nSPS) is 26.8. The summed E-state index contributed by atoms with van der Waals surface area (Å²) in [4.78, 5) is 29.8. The van der Waals surface area contributed by atoms with E-state index < -0.39 is 5.41 Å². The molecule has 3 saturated heterocycles. The first-order chi connectivity index (χ1) is 13.1. The van der Waals surface area contributed by atoms with Crippen LogP contribution in [0.1, 0.15) is 37.7 Å². The molecule has 1 aromatic carbocycles. The molecular formula is C21H27FN2O3. The summed E-state index contributed by atoms with van der Waals surface area (Å²) in [6, 6.07) is 6.63. The first-order valence-electron chi connectivity index (χ1n) is 9.98. The summed E-state index contributed by atoms with van der Waals surface area (Å²) in [6.07, 6.45) is 3.98. The second-order valence-corrected chi connectivity index (χ2v) is 8.10. The van der Waals surface area contributed by atoms with Gasteiger partial charge in [-0.2, -0.15) is 0 Å². The largest absolute Gasteiger partial charge is 0.381 e. The second-order valence-electron chi connectivity index (χ2n) is 8.10. The van der Waals surface area contributed by atoms with E-state index in [2.05, 4.69) is 0 Å². The number of hydrogen-bond donors (Lipinski definition) is 0. The van der Waals surface area contributed by atoms with Crippen LogP contribution in [0, 0.1) is 17.2 Å². The molecule has 1 atom stereocenters. The summed E-state index contributed by atoms with van der Waals surface area (Å²) in [5.41, 5.74) is 0.0701. The highest BCUT2D eigenvalue weighted by atomic mass is 19.1. The van der Waals surface area contributed by atoms with Gasteiger partial charge in [0.15, 0.2) is 0 Å². The third kappa shape index (κ3) is 3.59. The Kier molecular flexibility index (Phi) is 5.17. The zero-order chi connectivity index (χ0) is 18.9. The van der Waals surface area contributed by atoms with Crippen LogP contribution < -0.4 is 0 Å². The van der Waals surface area contributed by atoms with Gasteiger partial charge < -0.3 is 14.5 Å². The van der Waals surface area contributed by atoms with Crippen LogP contribution in [0.2, 0.25) is 0 Å². The zero-order valence-corrected chi connectivity index (χ0v) is 15.7. The van der Waals surface area contributed by atoms with Crippen LogP contribution in [-0.2, 0) is 20.9 Å². The lowest BCUT2D eigenvalue weighted by Crippen LogP contribution is -2.50. The molecule has 0 unspecified atom stereocenters. The van der Waals surface area contributed by atoms with E-state index in [0.29, 0.717) is 51.4 Å². The van der Waals surface area contributed by atoms with E-state index in [4.69, 9.17) is 4.74 Å². The number of benzene rings is 1. The number of carbonyl (C=O) groups is 2. The summed E-state index contributed by atoms with van der Waals surface area (Å²) in [5.74, 6) is 0.0169. The van der Waals surface area contributed by atoms with Crippen LogP contribution in [0.25, 0.3) is 0 Å². The standard InChI is InChI=1S/C21H27FN2O3/c22-18-5-2-1-4-17(18)14-23-10-3-8-21(20(23)26)9-11-24(15-21)19(25)16-6-12-27-13-7-16/h1-2,4-5,16H,3,6-15H2/t21-/m1/s1. The van der Waals surface area contributed by atoms with Gasteiger partial charge in [-0.05, 0) is 38.2 Å². The van der Waals surface area contributed by atoms with Crippen molar-refractivity contribution < 1.29 is 18.7 Å². The molecule has 146 valence electrons. The highest BCUT2D eigenvalue weighted by Gasteiger charge is 2.50. The first-order valence-corrected chi connectivity index (χ1v) is 9.98. The number of likely N-dealkylation sites (tertiary alicyclic amines) is 2. The minimum Gasteiger partial charge on any atom is -0.381 e. The van der Waals surface area contributed by atoms with Gasteiger partial charge in [-0.1, -0.05) is 18.2 Å². The van der Waals surface area contributed by atoms with Crippen LogP contribution in [0.4, 0.5) is 4.39 Å². The lowest BCUT2D eigenvalue weighted by atomic mass is 9.78. The van der Waals surface area contributed by atoms with Crippen LogP contribution in [0.5, 0.6) is 0 Å². The molecule has 0 aromatic heterocycles. The van der Waals surface area contributed by atoms with Gasteiger partial charge in [0.1, 0.15) is 5.82 Å². The first kappa shape index (κ1) is 18.4. The van der Waals surface area contributed by atoms with Gasteiger partial charge in [0.25, 0.3) is 0 Å². The highest BCUT2D eigenvalue weighted by Crippen LogP contribution is 2.41. The van der Waals surface area contributed by atoms with E-state index in [9.17, 15) is 14.0 Å². The molecule has 6 heteroatoms. The van der Waals surface area contributed by atoms with Crippen molar-refractivity contribution in [2.24, 2.45) is 11.3 Å². The number of halogens is 1. The number of ether oxygens (including phenoxy) is 1. The van der Waals surface area contributed by atoms with E-state index in [1.165, 1.54) is 6.07 Å². The zero-order valence-electron chi connectivity index (χ0n) is 15.7. The van der Waals surface area contributed by atoms with Crippen molar-refractivity contribution >= 4 is 11.8 Å². The minimum absolute atomic E-state index is 0.0297. The number of nitrogens with zero attached hydrogens (tertiary/aromatic N) is 2. The molecule has 2 amide bonds. The molecule has 0 bridgehead atoms. The van der Waals surface area contributed by atoms with Gasteiger partial charge in [-0.3, -0.25) is 9.59 Å². The Morgan fingerprint density at radius 3 is 2.74 bits per heavy atom. The molecule has 0 saturated carbocycles. The molecule has 3 fully saturated rings. The maximum atomic E-state index is 14.0. The van der Waals surface area contributed by atoms with Crippen molar-refractivity contribution in [3.8, 4) is 0 Å². The SMILES string of the molecule is O=C(C1CCOCC1)N1CC[C@]2(CCCN(Cc3ccccc3F)C2=O)C1. The fourth-order valence-corrected chi connectivity index (χ4v) is 4.78. The number of piperidine rings is 1. The molecule has 4 rings (SSSR count). The molecule has 3 aliphatic heterocycles. The lowest BCUT2D eigenvalue weighted by molar-refractivity contribution is -0.147. The molecule has 1 spiro atoms. The van der Waals surface area contributed by atoms with E-state index in [1.807, 2.05) is 4.90 Å². The Hall–Kier alpha value is -1.95. The predicted octanol–water partition coefficient (Wildman–Crippen LogP) is 2.59. The van der Waals surface area contributed by atoms with E-state index in [1.54, 1.807) is 23.1 Å². The average Bonchev–Trinajstić information content (AvgIpc) is 3.12. The van der Waals surface area contributed by atoms with E-state index >= 15 is 0 Å². The van der Waals surface area contributed by atoms with Crippen LogP contribution in [0.15, 0.2) is 24.3 Å². The summed E-state index contributed by atoms with van der Waals surface area (Å²) in [7, 11) is 0. The highest BCUT2D eigenvalue weighted by molar-refractivity contribution is 5.86. The Morgan fingerprint density at radius 1 is 1.19 bits per heavy atom. The molecule has 3 aliphatic rings. The van der Waals surface area contributed by atoms with Gasteiger partial charge >= 0.3 is 0 Å². The van der Waals surface area contributed by atoms with Crippen molar-refractivity contribution in [2.75, 3.05) is 32.8 Å². The fraction of sp³-hybridized carbons (Fsp3) is 0.619. The summed E-state index contributed by atoms with van der Waals surface area (Å²) >= 11 is 0. The Bertz CT molecular complexity index is 719. The smallest absolute Gasteiger partial charge is 0.230 e. The Labute approximate surface area is 159 Å². The Morgan fingerprint density at radius 2 is 1.96 bits per heavy atom. The summed E-state index contributed by atoms with van der Waals surface area (Å²) in [5, 5.41) is 0. The van der Waals surface area contributed by atoms with Gasteiger partial charge in [0.2, 0.25) is 11.8 Å². The van der Waals surface area contributed by atoms with Crippen molar-refractivity contribution in [3.63, 3.8) is 0 Å². The van der Waals surface area contributed by atoms with Crippen molar-refractivity contribution in [1.82, 2.24) is 9.80 Å². The quantitative estimate of drug-likeness (QED) is 0.817. The van der Waals surface area contributed by atoms with Crippen LogP contribution >= 0.6 is 0 Å². The molecule has 5 nitrogen and oxygen atoms in total. The predicted molar refractivity (Wildman–Crippen MR) is 98.2 cm³/mol. The number of hydrogen-bond acceptors (Lipinski definition) is 3. The third-order valence-electron chi connectivity index (χ3n) is 6.38. The number of carbonyl (C=O) groups excluding carboxylic acids is 2. The van der Waals surface area contributed by atoms with Crippen molar-refractivity contribution in [1.29, 1.82) is 0 Å². The van der Waals surface area contributed by atoms with Gasteiger partial charge in [-0.25, -0.2) is 4.39 Å². The van der Waals surface area contributed by atoms with Crippen LogP contribution in [0.3, 0.4) is 0 Å². The molecule has 0 radical (unpaired) electrons. The van der Waals surface area contributed by atoms with Crippen molar-refractivity contribution in [3.05, 3.63) is 35.6 Å². The van der Waals surface area contributed by atoms with Crippen LogP contribution in [-0.4, -0.2) is 54.5 Å². The minimum atomic E-state index is -0.482. The molecule has 3 heterocycles. The summed E-state index contributed by atoms with van der Waals surface area (Å²) in [6.45, 7) is 3.41. The van der Waals surface area contributed by atoms with E-state index in [0.717, 1.165) is 25.7 Å². The average molecular weight is 374 g/mol. The molecule has 0 aliphatic carbocycles. The number of rotatable bonds is 3. The van der Waals surface area contributed by atoms with Gasteiger partial charge in [0.05, 0.1) is 5.41 Å². The monoisotopic (exact) mass is 374 g/mol. The third-order valence-corrected chi connectivity index (χ3v) is 6.38. The number of amides is 2. The molecular weight excluding hydrogens is 347 g/mol. The second kappa shape index (κ2) is 7.58. The molecule has 27 heavy (non-hydrogen) atoms. The Balaban J connectivity index is 1.44. The fourth-order valence-electron chi connectivity index (χ4n) is 4.78. The van der Waals surface area contributed by atoms with Gasteiger partial charge in [-0.15, -0.1) is 0 Å². The lowest BCUT2D eigenvalue weighted by Gasteiger charge is -2.39. The van der Waals surface area contributed by atoms with E-state index in [-0.39, 0.29) is 23.5 Å².